The van der Waals surface area contributed by atoms with Crippen molar-refractivity contribution >= 4 is 35.2 Å². The topological polar surface area (TPSA) is 46.5 Å². The van der Waals surface area contributed by atoms with Gasteiger partial charge in [0.2, 0.25) is 0 Å². The molecule has 0 saturated carbocycles. The number of hydrogen-bond acceptors (Lipinski definition) is 2. The van der Waals surface area contributed by atoms with Crippen LogP contribution in [-0.4, -0.2) is 11.1 Å². The Hall–Kier alpha value is -2.75. The van der Waals surface area contributed by atoms with E-state index in [1.54, 1.807) is 30.3 Å². The lowest BCUT2D eigenvalue weighted by molar-refractivity contribution is 0.0697. The molecule has 4 rings (SSSR count). The summed E-state index contributed by atoms with van der Waals surface area (Å²) >= 11 is 12.3. The summed E-state index contributed by atoms with van der Waals surface area (Å²) in [5, 5.41) is 10.2. The van der Waals surface area contributed by atoms with Gasteiger partial charge in [-0.2, -0.15) is 0 Å². The minimum absolute atomic E-state index is 0.269. The van der Waals surface area contributed by atoms with Crippen molar-refractivity contribution in [3.05, 3.63) is 104 Å². The van der Waals surface area contributed by atoms with E-state index in [2.05, 4.69) is 25.1 Å². The van der Waals surface area contributed by atoms with Crippen molar-refractivity contribution in [1.29, 1.82) is 0 Å². The van der Waals surface area contributed by atoms with Gasteiger partial charge >= 0.3 is 5.97 Å². The predicted octanol–water partition coefficient (Wildman–Crippen LogP) is 7.01. The quantitative estimate of drug-likeness (QED) is 0.465. The van der Waals surface area contributed by atoms with Gasteiger partial charge in [0.1, 0.15) is 12.4 Å². The second kappa shape index (κ2) is 8.55. The van der Waals surface area contributed by atoms with Gasteiger partial charge in [-0.05, 0) is 71.1 Å². The molecule has 1 aliphatic carbocycles. The summed E-state index contributed by atoms with van der Waals surface area (Å²) in [5.74, 6) is 0.185. The molecule has 0 fully saturated rings. The molecule has 1 unspecified atom stereocenters. The number of halogens is 2. The van der Waals surface area contributed by atoms with Crippen molar-refractivity contribution < 1.29 is 14.6 Å². The van der Waals surface area contributed by atoms with Crippen molar-refractivity contribution in [3.8, 4) is 5.75 Å². The number of rotatable bonds is 5. The first-order valence-corrected chi connectivity index (χ1v) is 10.4. The number of carboxylic acids is 1. The Labute approximate surface area is 185 Å². The standard InChI is InChI=1S/C25H20Cl2O3/c1-15-19(8-17-9-21(26)13-22(27)10-17)11-20-12-23(6-7-24(15)20)30-14-16-2-4-18(5-3-16)25(28)29/h2-10,12-13,15H,11,14H2,1H3,(H,28,29)/b19-8+. The van der Waals surface area contributed by atoms with Crippen molar-refractivity contribution in [2.24, 2.45) is 0 Å². The van der Waals surface area contributed by atoms with Crippen LogP contribution in [0.2, 0.25) is 10.0 Å². The van der Waals surface area contributed by atoms with E-state index in [0.717, 1.165) is 23.3 Å². The molecule has 3 aromatic rings. The number of hydrogen-bond donors (Lipinski definition) is 1. The maximum Gasteiger partial charge on any atom is 0.335 e. The van der Waals surface area contributed by atoms with Gasteiger partial charge in [0.05, 0.1) is 5.56 Å². The summed E-state index contributed by atoms with van der Waals surface area (Å²) in [4.78, 5) is 11.0. The van der Waals surface area contributed by atoms with Gasteiger partial charge in [0.15, 0.2) is 0 Å². The lowest BCUT2D eigenvalue weighted by Gasteiger charge is -2.10. The highest BCUT2D eigenvalue weighted by Crippen LogP contribution is 2.40. The lowest BCUT2D eigenvalue weighted by atomic mass is 9.98. The van der Waals surface area contributed by atoms with E-state index in [0.29, 0.717) is 22.6 Å². The Balaban J connectivity index is 1.48. The van der Waals surface area contributed by atoms with Crippen LogP contribution in [0.15, 0.2) is 66.2 Å². The van der Waals surface area contributed by atoms with E-state index in [4.69, 9.17) is 33.0 Å². The van der Waals surface area contributed by atoms with E-state index in [1.807, 2.05) is 18.2 Å². The minimum Gasteiger partial charge on any atom is -0.489 e. The molecule has 0 saturated heterocycles. The number of ether oxygens (including phenoxy) is 1. The van der Waals surface area contributed by atoms with E-state index in [9.17, 15) is 4.79 Å². The fourth-order valence-electron chi connectivity index (χ4n) is 3.78. The highest BCUT2D eigenvalue weighted by atomic mass is 35.5. The molecule has 0 aromatic heterocycles. The first-order valence-electron chi connectivity index (χ1n) is 9.63. The molecular weight excluding hydrogens is 419 g/mol. The molecule has 30 heavy (non-hydrogen) atoms. The molecule has 0 radical (unpaired) electrons. The molecule has 1 atom stereocenters. The van der Waals surface area contributed by atoms with Gasteiger partial charge in [0.25, 0.3) is 0 Å². The van der Waals surface area contributed by atoms with Gasteiger partial charge < -0.3 is 9.84 Å². The van der Waals surface area contributed by atoms with E-state index < -0.39 is 5.97 Å². The van der Waals surface area contributed by atoms with Gasteiger partial charge in [0, 0.05) is 16.0 Å². The molecule has 152 valence electrons. The molecule has 3 nitrogen and oxygen atoms in total. The molecule has 1 N–H and O–H groups in total. The Morgan fingerprint density at radius 1 is 1.07 bits per heavy atom. The normalized spacial score (nSPS) is 16.5. The average Bonchev–Trinajstić information content (AvgIpc) is 3.00. The Morgan fingerprint density at radius 2 is 1.77 bits per heavy atom. The second-order valence-electron chi connectivity index (χ2n) is 7.47. The van der Waals surface area contributed by atoms with Crippen LogP contribution in [0.4, 0.5) is 0 Å². The fraction of sp³-hybridized carbons (Fsp3) is 0.160. The second-order valence-corrected chi connectivity index (χ2v) is 8.34. The van der Waals surface area contributed by atoms with Crippen LogP contribution in [0.3, 0.4) is 0 Å². The third kappa shape index (κ3) is 4.53. The maximum atomic E-state index is 11.0. The van der Waals surface area contributed by atoms with E-state index >= 15 is 0 Å². The average molecular weight is 439 g/mol. The third-order valence-electron chi connectivity index (χ3n) is 5.38. The van der Waals surface area contributed by atoms with Crippen LogP contribution < -0.4 is 4.74 Å². The smallest absolute Gasteiger partial charge is 0.335 e. The number of allylic oxidation sites excluding steroid dienone is 1. The van der Waals surface area contributed by atoms with Gasteiger partial charge in [-0.1, -0.05) is 60.0 Å². The molecule has 3 aromatic carbocycles. The highest BCUT2D eigenvalue weighted by molar-refractivity contribution is 6.34. The first kappa shape index (κ1) is 20.5. The van der Waals surface area contributed by atoms with Crippen molar-refractivity contribution in [2.75, 3.05) is 0 Å². The molecule has 0 amide bonds. The molecule has 0 spiro atoms. The van der Waals surface area contributed by atoms with Crippen molar-refractivity contribution in [2.45, 2.75) is 25.9 Å². The largest absolute Gasteiger partial charge is 0.489 e. The van der Waals surface area contributed by atoms with Crippen LogP contribution in [0.1, 0.15) is 45.5 Å². The van der Waals surface area contributed by atoms with Gasteiger partial charge in [-0.3, -0.25) is 0 Å². The number of fused-ring (bicyclic) bond motifs is 1. The number of aromatic carboxylic acids is 1. The third-order valence-corrected chi connectivity index (χ3v) is 5.81. The molecule has 0 bridgehead atoms. The number of carboxylic acid groups (broad SMARTS) is 1. The zero-order chi connectivity index (χ0) is 21.3. The summed E-state index contributed by atoms with van der Waals surface area (Å²) in [7, 11) is 0. The summed E-state index contributed by atoms with van der Waals surface area (Å²) in [5.41, 5.74) is 6.05. The van der Waals surface area contributed by atoms with Crippen LogP contribution >= 0.6 is 23.2 Å². The Kier molecular flexibility index (Phi) is 5.85. The Morgan fingerprint density at radius 3 is 2.43 bits per heavy atom. The summed E-state index contributed by atoms with van der Waals surface area (Å²) in [6.45, 7) is 2.59. The number of carbonyl (C=O) groups is 1. The number of benzene rings is 3. The Bertz CT molecular complexity index is 1110. The van der Waals surface area contributed by atoms with Crippen LogP contribution in [-0.2, 0) is 13.0 Å². The summed E-state index contributed by atoms with van der Waals surface area (Å²) < 4.78 is 5.94. The fourth-order valence-corrected chi connectivity index (χ4v) is 4.32. The predicted molar refractivity (Wildman–Crippen MR) is 121 cm³/mol. The lowest BCUT2D eigenvalue weighted by Crippen LogP contribution is -1.99. The van der Waals surface area contributed by atoms with Crippen LogP contribution in [0, 0.1) is 0 Å². The van der Waals surface area contributed by atoms with Crippen molar-refractivity contribution in [3.63, 3.8) is 0 Å². The van der Waals surface area contributed by atoms with Gasteiger partial charge in [-0.25, -0.2) is 4.79 Å². The van der Waals surface area contributed by atoms with E-state index in [-0.39, 0.29) is 5.56 Å². The zero-order valence-corrected chi connectivity index (χ0v) is 17.9. The molecular formula is C25H20Cl2O3. The highest BCUT2D eigenvalue weighted by Gasteiger charge is 2.24. The van der Waals surface area contributed by atoms with E-state index in [1.165, 1.54) is 16.7 Å². The summed E-state index contributed by atoms with van der Waals surface area (Å²) in [6, 6.07) is 18.5. The van der Waals surface area contributed by atoms with Crippen LogP contribution in [0.25, 0.3) is 6.08 Å². The van der Waals surface area contributed by atoms with Gasteiger partial charge in [-0.15, -0.1) is 0 Å². The molecule has 5 heteroatoms. The molecule has 0 heterocycles. The van der Waals surface area contributed by atoms with Crippen LogP contribution in [0.5, 0.6) is 5.75 Å². The summed E-state index contributed by atoms with van der Waals surface area (Å²) in [6.07, 6.45) is 3.01. The first-order chi connectivity index (χ1) is 14.4. The molecule has 0 aliphatic heterocycles. The van der Waals surface area contributed by atoms with Crippen molar-refractivity contribution in [1.82, 2.24) is 0 Å². The minimum atomic E-state index is -0.931. The zero-order valence-electron chi connectivity index (χ0n) is 16.4. The maximum absolute atomic E-state index is 11.0. The SMILES string of the molecule is CC1/C(=C/c2cc(Cl)cc(Cl)c2)Cc2cc(OCc3ccc(C(=O)O)cc3)ccc21. The monoisotopic (exact) mass is 438 g/mol. The molecule has 1 aliphatic rings.